The lowest BCUT2D eigenvalue weighted by Crippen LogP contribution is -2.49. The summed E-state index contributed by atoms with van der Waals surface area (Å²) in [5.41, 5.74) is 0. The Morgan fingerprint density at radius 1 is 1.19 bits per heavy atom. The first-order valence-corrected chi connectivity index (χ1v) is 8.70. The lowest BCUT2D eigenvalue weighted by atomic mass is 9.87. The molecule has 1 aliphatic carbocycles. The van der Waals surface area contributed by atoms with Crippen LogP contribution in [0.4, 0.5) is 0 Å². The fourth-order valence-electron chi connectivity index (χ4n) is 2.33. The predicted molar refractivity (Wildman–Crippen MR) is 79.5 cm³/mol. The quantitative estimate of drug-likeness (QED) is 0.740. The van der Waals surface area contributed by atoms with Gasteiger partial charge in [-0.25, -0.2) is 4.72 Å². The van der Waals surface area contributed by atoms with E-state index in [1.54, 1.807) is 0 Å². The number of rotatable bonds is 6. The molecule has 0 aromatic rings. The molecule has 8 heteroatoms. The number of nitrogens with one attached hydrogen (secondary N) is 2. The van der Waals surface area contributed by atoms with Gasteiger partial charge in [0, 0.05) is 20.5 Å². The molecule has 1 rings (SSSR count). The third kappa shape index (κ3) is 6.01. The Morgan fingerprint density at radius 2 is 1.76 bits per heavy atom. The highest BCUT2D eigenvalue weighted by Crippen LogP contribution is 2.26. The summed E-state index contributed by atoms with van der Waals surface area (Å²) in [4.78, 5) is 23.6. The third-order valence-corrected chi connectivity index (χ3v) is 5.10. The number of carbonyl (C=O) groups is 2. The normalized spacial score (nSPS) is 18.3. The molecule has 1 fully saturated rings. The van der Waals surface area contributed by atoms with E-state index in [-0.39, 0.29) is 5.91 Å². The minimum absolute atomic E-state index is 0.202. The summed E-state index contributed by atoms with van der Waals surface area (Å²) in [7, 11) is -1.18. The molecule has 1 saturated carbocycles. The summed E-state index contributed by atoms with van der Waals surface area (Å²) in [5, 5.41) is 2.55. The molecular weight excluding hydrogens is 294 g/mol. The van der Waals surface area contributed by atoms with Gasteiger partial charge in [0.05, 0.1) is 0 Å². The van der Waals surface area contributed by atoms with E-state index in [0.29, 0.717) is 12.3 Å². The van der Waals surface area contributed by atoms with Gasteiger partial charge >= 0.3 is 10.2 Å². The molecule has 0 heterocycles. The van der Waals surface area contributed by atoms with Crippen LogP contribution in [0.2, 0.25) is 0 Å². The van der Waals surface area contributed by atoms with Crippen LogP contribution in [0.1, 0.15) is 45.4 Å². The number of hydrogen-bond donors (Lipinski definition) is 2. The first kappa shape index (κ1) is 17.9. The highest BCUT2D eigenvalue weighted by Gasteiger charge is 2.24. The van der Waals surface area contributed by atoms with Gasteiger partial charge in [-0.05, 0) is 25.7 Å². The monoisotopic (exact) mass is 319 g/mol. The lowest BCUT2D eigenvalue weighted by molar-refractivity contribution is -0.128. The Morgan fingerprint density at radius 3 is 2.29 bits per heavy atom. The maximum atomic E-state index is 11.9. The van der Waals surface area contributed by atoms with Crippen LogP contribution in [0.5, 0.6) is 0 Å². The molecule has 0 aliphatic heterocycles. The average Bonchev–Trinajstić information content (AvgIpc) is 2.38. The molecule has 122 valence electrons. The Bertz CT molecular complexity index is 470. The predicted octanol–water partition coefficient (Wildman–Crippen LogP) is 0.384. The second-order valence-electron chi connectivity index (χ2n) is 5.75. The van der Waals surface area contributed by atoms with Gasteiger partial charge in [-0.3, -0.25) is 9.59 Å². The zero-order chi connectivity index (χ0) is 16.0. The van der Waals surface area contributed by atoms with Gasteiger partial charge in [-0.1, -0.05) is 19.3 Å². The van der Waals surface area contributed by atoms with Crippen molar-refractivity contribution in [1.82, 2.24) is 14.3 Å². The van der Waals surface area contributed by atoms with Gasteiger partial charge in [-0.15, -0.1) is 0 Å². The van der Waals surface area contributed by atoms with Crippen molar-refractivity contribution >= 4 is 22.0 Å². The number of nitrogens with zero attached hydrogens (tertiary/aromatic N) is 1. The Balaban J connectivity index is 2.42. The van der Waals surface area contributed by atoms with Gasteiger partial charge in [0.15, 0.2) is 0 Å². The van der Waals surface area contributed by atoms with Crippen molar-refractivity contribution in [2.24, 2.45) is 5.92 Å². The highest BCUT2D eigenvalue weighted by molar-refractivity contribution is 7.87. The van der Waals surface area contributed by atoms with E-state index >= 15 is 0 Å². The summed E-state index contributed by atoms with van der Waals surface area (Å²) in [6.45, 7) is 1.47. The minimum Gasteiger partial charge on any atom is -0.345 e. The zero-order valence-corrected chi connectivity index (χ0v) is 13.7. The first-order chi connectivity index (χ1) is 9.72. The molecule has 0 bridgehead atoms. The summed E-state index contributed by atoms with van der Waals surface area (Å²) in [5.74, 6) is -0.563. The average molecular weight is 319 g/mol. The second-order valence-corrected chi connectivity index (χ2v) is 7.64. The van der Waals surface area contributed by atoms with Crippen LogP contribution in [0.15, 0.2) is 0 Å². The van der Waals surface area contributed by atoms with Crippen molar-refractivity contribution < 1.29 is 18.0 Å². The molecule has 21 heavy (non-hydrogen) atoms. The maximum absolute atomic E-state index is 11.9. The van der Waals surface area contributed by atoms with Crippen molar-refractivity contribution in [1.29, 1.82) is 0 Å². The smallest absolute Gasteiger partial charge is 0.303 e. The molecule has 0 aromatic carbocycles. The van der Waals surface area contributed by atoms with Gasteiger partial charge in [0.1, 0.15) is 6.04 Å². The van der Waals surface area contributed by atoms with Gasteiger partial charge in [0.2, 0.25) is 5.91 Å². The minimum atomic E-state index is -3.82. The van der Waals surface area contributed by atoms with Crippen molar-refractivity contribution in [3.8, 4) is 0 Å². The van der Waals surface area contributed by atoms with E-state index in [0.717, 1.165) is 30.0 Å². The van der Waals surface area contributed by atoms with Crippen LogP contribution in [0.3, 0.4) is 0 Å². The van der Waals surface area contributed by atoms with Gasteiger partial charge in [0.25, 0.3) is 5.91 Å². The number of carbonyl (C=O) groups excluding carboxylic acids is 2. The van der Waals surface area contributed by atoms with Gasteiger partial charge < -0.3 is 5.32 Å². The van der Waals surface area contributed by atoms with E-state index in [9.17, 15) is 18.0 Å². The second kappa shape index (κ2) is 7.74. The highest BCUT2D eigenvalue weighted by atomic mass is 32.2. The molecular formula is C13H25N3O4S. The van der Waals surface area contributed by atoms with E-state index in [4.69, 9.17) is 0 Å². The molecule has 0 spiro atoms. The van der Waals surface area contributed by atoms with E-state index in [2.05, 4.69) is 5.32 Å². The zero-order valence-electron chi connectivity index (χ0n) is 12.9. The summed E-state index contributed by atoms with van der Waals surface area (Å²) in [6.07, 6.45) is 6.01. The number of hydrogen-bond acceptors (Lipinski definition) is 4. The Kier molecular flexibility index (Phi) is 6.60. The number of amides is 2. The SMILES string of the molecule is C[C@@H](NC(=O)CC1CCCCC1)C(=O)NS(=O)(=O)N(C)C. The van der Waals surface area contributed by atoms with Crippen molar-refractivity contribution in [3.63, 3.8) is 0 Å². The first-order valence-electron chi connectivity index (χ1n) is 7.26. The van der Waals surface area contributed by atoms with Gasteiger partial charge in [-0.2, -0.15) is 12.7 Å². The summed E-state index contributed by atoms with van der Waals surface area (Å²) < 4.78 is 25.9. The van der Waals surface area contributed by atoms with Crippen LogP contribution in [-0.4, -0.2) is 44.7 Å². The van der Waals surface area contributed by atoms with Crippen LogP contribution in [0.25, 0.3) is 0 Å². The molecule has 1 atom stereocenters. The molecule has 0 unspecified atom stereocenters. The van der Waals surface area contributed by atoms with E-state index in [1.165, 1.54) is 27.4 Å². The molecule has 1 aliphatic rings. The largest absolute Gasteiger partial charge is 0.345 e. The fourth-order valence-corrected chi connectivity index (χ4v) is 2.94. The summed E-state index contributed by atoms with van der Waals surface area (Å²) in [6, 6.07) is -0.879. The van der Waals surface area contributed by atoms with Crippen molar-refractivity contribution in [2.75, 3.05) is 14.1 Å². The maximum Gasteiger partial charge on any atom is 0.303 e. The molecule has 7 nitrogen and oxygen atoms in total. The fraction of sp³-hybridized carbons (Fsp3) is 0.846. The Labute approximate surface area is 126 Å². The Hall–Kier alpha value is -1.15. The molecule has 2 amide bonds. The van der Waals surface area contributed by atoms with E-state index in [1.807, 2.05) is 4.72 Å². The van der Waals surface area contributed by atoms with Crippen molar-refractivity contribution in [2.45, 2.75) is 51.5 Å². The molecule has 0 radical (unpaired) electrons. The van der Waals surface area contributed by atoms with E-state index < -0.39 is 22.2 Å². The van der Waals surface area contributed by atoms with Crippen LogP contribution < -0.4 is 10.0 Å². The lowest BCUT2D eigenvalue weighted by Gasteiger charge is -2.22. The van der Waals surface area contributed by atoms with Crippen LogP contribution in [-0.2, 0) is 19.8 Å². The van der Waals surface area contributed by atoms with Crippen LogP contribution >= 0.6 is 0 Å². The third-order valence-electron chi connectivity index (χ3n) is 3.68. The van der Waals surface area contributed by atoms with Crippen LogP contribution in [0, 0.1) is 5.92 Å². The van der Waals surface area contributed by atoms with Crippen molar-refractivity contribution in [3.05, 3.63) is 0 Å². The summed E-state index contributed by atoms with van der Waals surface area (Å²) >= 11 is 0. The molecule has 2 N–H and O–H groups in total. The standard InChI is InChI=1S/C13H25N3O4S/c1-10(13(18)15-21(19,20)16(2)3)14-12(17)9-11-7-5-4-6-8-11/h10-11H,4-9H2,1-3H3,(H,14,17)(H,15,18)/t10-/m1/s1. The molecule has 0 aromatic heterocycles. The molecule has 0 saturated heterocycles. The topological polar surface area (TPSA) is 95.6 Å².